The largest absolute Gasteiger partial charge is 0.354 e. The summed E-state index contributed by atoms with van der Waals surface area (Å²) in [6, 6.07) is 0.166. The third-order valence-electron chi connectivity index (χ3n) is 3.11. The lowest BCUT2D eigenvalue weighted by molar-refractivity contribution is -0.132. The fraction of sp³-hybridized carbons (Fsp3) is 0.846. The zero-order valence-corrected chi connectivity index (χ0v) is 12.2. The molecule has 0 unspecified atom stereocenters. The van der Waals surface area contributed by atoms with Gasteiger partial charge >= 0.3 is 0 Å². The molecule has 0 aromatic carbocycles. The summed E-state index contributed by atoms with van der Waals surface area (Å²) in [6.45, 7) is 8.18. The highest BCUT2D eigenvalue weighted by atomic mass is 16.2. The van der Waals surface area contributed by atoms with Crippen LogP contribution >= 0.6 is 0 Å². The van der Waals surface area contributed by atoms with Crippen molar-refractivity contribution in [3.8, 4) is 0 Å². The first-order chi connectivity index (χ1) is 8.99. The number of amides is 2. The number of carbonyl (C=O) groups excluding carboxylic acids is 2. The molecule has 1 fully saturated rings. The Bertz CT molecular complexity index is 299. The first-order valence-electron chi connectivity index (χ1n) is 6.95. The molecule has 1 aliphatic rings. The summed E-state index contributed by atoms with van der Waals surface area (Å²) < 4.78 is 0. The van der Waals surface area contributed by atoms with E-state index in [-0.39, 0.29) is 17.9 Å². The second-order valence-electron chi connectivity index (χ2n) is 5.33. The van der Waals surface area contributed by atoms with E-state index in [1.54, 1.807) is 0 Å². The minimum atomic E-state index is 0.0227. The predicted molar refractivity (Wildman–Crippen MR) is 74.8 cm³/mol. The molecule has 0 saturated carbocycles. The average molecular weight is 270 g/mol. The summed E-state index contributed by atoms with van der Waals surface area (Å²) >= 11 is 0. The highest BCUT2D eigenvalue weighted by molar-refractivity contribution is 5.79. The van der Waals surface area contributed by atoms with Crippen molar-refractivity contribution in [1.82, 2.24) is 20.4 Å². The Balaban J connectivity index is 2.09. The van der Waals surface area contributed by atoms with Crippen molar-refractivity contribution in [2.45, 2.75) is 26.3 Å². The Morgan fingerprint density at radius 3 is 2.37 bits per heavy atom. The number of hydrogen-bond donors (Lipinski definition) is 2. The van der Waals surface area contributed by atoms with E-state index < -0.39 is 0 Å². The number of piperazine rings is 1. The molecule has 1 saturated heterocycles. The van der Waals surface area contributed by atoms with Crippen molar-refractivity contribution >= 4 is 11.8 Å². The zero-order valence-electron chi connectivity index (χ0n) is 12.2. The summed E-state index contributed by atoms with van der Waals surface area (Å²) in [4.78, 5) is 27.3. The van der Waals surface area contributed by atoms with Crippen LogP contribution in [0.4, 0.5) is 0 Å². The minimum Gasteiger partial charge on any atom is -0.354 e. The number of rotatable bonds is 6. The molecule has 110 valence electrons. The van der Waals surface area contributed by atoms with Crippen molar-refractivity contribution in [3.05, 3.63) is 0 Å². The smallest absolute Gasteiger partial charge is 0.236 e. The van der Waals surface area contributed by atoms with E-state index in [1.165, 1.54) is 0 Å². The van der Waals surface area contributed by atoms with Gasteiger partial charge in [0.25, 0.3) is 0 Å². The highest BCUT2D eigenvalue weighted by Crippen LogP contribution is 1.98. The molecule has 0 spiro atoms. The fourth-order valence-corrected chi connectivity index (χ4v) is 1.96. The van der Waals surface area contributed by atoms with E-state index in [0.717, 1.165) is 26.2 Å². The molecule has 0 bridgehead atoms. The second kappa shape index (κ2) is 8.12. The summed E-state index contributed by atoms with van der Waals surface area (Å²) in [5.74, 6) is 0.145. The van der Waals surface area contributed by atoms with Gasteiger partial charge in [-0.05, 0) is 20.9 Å². The molecule has 0 radical (unpaired) electrons. The predicted octanol–water partition coefficient (Wildman–Crippen LogP) is -0.735. The lowest BCUT2D eigenvalue weighted by atomic mass is 10.3. The van der Waals surface area contributed by atoms with Crippen LogP contribution in [0.5, 0.6) is 0 Å². The van der Waals surface area contributed by atoms with Gasteiger partial charge in [0.05, 0.1) is 6.54 Å². The topological polar surface area (TPSA) is 64.7 Å². The van der Waals surface area contributed by atoms with Gasteiger partial charge in [-0.1, -0.05) is 0 Å². The van der Waals surface area contributed by atoms with Crippen LogP contribution < -0.4 is 10.6 Å². The van der Waals surface area contributed by atoms with Gasteiger partial charge in [-0.3, -0.25) is 9.59 Å². The molecule has 6 heteroatoms. The van der Waals surface area contributed by atoms with Crippen molar-refractivity contribution in [3.63, 3.8) is 0 Å². The van der Waals surface area contributed by atoms with Gasteiger partial charge in [-0.2, -0.15) is 0 Å². The molecular weight excluding hydrogens is 244 g/mol. The maximum Gasteiger partial charge on any atom is 0.236 e. The third kappa shape index (κ3) is 6.54. The number of carbonyl (C=O) groups is 2. The van der Waals surface area contributed by atoms with Crippen LogP contribution in [0.25, 0.3) is 0 Å². The Kier molecular flexibility index (Phi) is 6.80. The van der Waals surface area contributed by atoms with Gasteiger partial charge in [-0.15, -0.1) is 0 Å². The van der Waals surface area contributed by atoms with Gasteiger partial charge in [0.2, 0.25) is 11.8 Å². The Labute approximate surface area is 115 Å². The number of nitrogens with one attached hydrogen (secondary N) is 2. The lowest BCUT2D eigenvalue weighted by Gasteiger charge is -2.32. The van der Waals surface area contributed by atoms with Crippen molar-refractivity contribution in [1.29, 1.82) is 0 Å². The Hall–Kier alpha value is -1.14. The van der Waals surface area contributed by atoms with Gasteiger partial charge in [0.1, 0.15) is 0 Å². The number of likely N-dealkylation sites (N-methyl/N-ethyl adjacent to an activating group) is 1. The number of hydrogen-bond acceptors (Lipinski definition) is 4. The maximum atomic E-state index is 11.9. The Morgan fingerprint density at radius 1 is 1.16 bits per heavy atom. The quantitative estimate of drug-likeness (QED) is 0.624. The number of nitrogens with zero attached hydrogens (tertiary/aromatic N) is 2. The molecule has 2 N–H and O–H groups in total. The summed E-state index contributed by atoms with van der Waals surface area (Å²) in [7, 11) is 2.06. The van der Waals surface area contributed by atoms with Gasteiger partial charge in [0, 0.05) is 45.2 Å². The van der Waals surface area contributed by atoms with E-state index in [0.29, 0.717) is 19.5 Å². The van der Waals surface area contributed by atoms with Gasteiger partial charge in [0.15, 0.2) is 0 Å². The standard InChI is InChI=1S/C13H26N4O2/c1-11(2)15-12(18)4-5-14-10-13(19)17-8-6-16(3)7-9-17/h11,14H,4-10H2,1-3H3,(H,15,18). The molecule has 1 aliphatic heterocycles. The third-order valence-corrected chi connectivity index (χ3v) is 3.11. The molecule has 0 atom stereocenters. The van der Waals surface area contributed by atoms with Gasteiger partial charge in [-0.25, -0.2) is 0 Å². The second-order valence-corrected chi connectivity index (χ2v) is 5.33. The van der Waals surface area contributed by atoms with Crippen LogP contribution in [0.3, 0.4) is 0 Å². The van der Waals surface area contributed by atoms with Gasteiger partial charge < -0.3 is 20.4 Å². The van der Waals surface area contributed by atoms with E-state index in [2.05, 4.69) is 22.6 Å². The van der Waals surface area contributed by atoms with Crippen molar-refractivity contribution in [2.24, 2.45) is 0 Å². The molecule has 19 heavy (non-hydrogen) atoms. The molecule has 0 aromatic heterocycles. The van der Waals surface area contributed by atoms with Crippen molar-refractivity contribution in [2.75, 3.05) is 46.3 Å². The molecule has 2 amide bonds. The normalized spacial score (nSPS) is 16.7. The van der Waals surface area contributed by atoms with Crippen LogP contribution in [-0.4, -0.2) is 74.0 Å². The molecule has 0 aromatic rings. The van der Waals surface area contributed by atoms with Crippen LogP contribution in [0.1, 0.15) is 20.3 Å². The van der Waals surface area contributed by atoms with Crippen LogP contribution in [0, 0.1) is 0 Å². The van der Waals surface area contributed by atoms with E-state index in [1.807, 2.05) is 18.7 Å². The first kappa shape index (κ1) is 15.9. The highest BCUT2D eigenvalue weighted by Gasteiger charge is 2.18. The van der Waals surface area contributed by atoms with E-state index in [9.17, 15) is 9.59 Å². The maximum absolute atomic E-state index is 11.9. The summed E-state index contributed by atoms with van der Waals surface area (Å²) in [6.07, 6.45) is 0.411. The average Bonchev–Trinajstić information content (AvgIpc) is 2.34. The van der Waals surface area contributed by atoms with Crippen LogP contribution in [-0.2, 0) is 9.59 Å². The van der Waals surface area contributed by atoms with Crippen LogP contribution in [0.15, 0.2) is 0 Å². The summed E-state index contributed by atoms with van der Waals surface area (Å²) in [5.41, 5.74) is 0. The minimum absolute atomic E-state index is 0.0227. The molecular formula is C13H26N4O2. The molecule has 0 aliphatic carbocycles. The van der Waals surface area contributed by atoms with E-state index in [4.69, 9.17) is 0 Å². The SMILES string of the molecule is CC(C)NC(=O)CCNCC(=O)N1CCN(C)CC1. The summed E-state index contributed by atoms with van der Waals surface area (Å²) in [5, 5.41) is 5.85. The Morgan fingerprint density at radius 2 is 1.79 bits per heavy atom. The molecule has 1 rings (SSSR count). The monoisotopic (exact) mass is 270 g/mol. The zero-order chi connectivity index (χ0) is 14.3. The van der Waals surface area contributed by atoms with Crippen molar-refractivity contribution < 1.29 is 9.59 Å². The molecule has 1 heterocycles. The van der Waals surface area contributed by atoms with E-state index >= 15 is 0 Å². The fourth-order valence-electron chi connectivity index (χ4n) is 1.96. The van der Waals surface area contributed by atoms with Crippen LogP contribution in [0.2, 0.25) is 0 Å². The first-order valence-corrected chi connectivity index (χ1v) is 6.95. The molecule has 6 nitrogen and oxygen atoms in total. The lowest BCUT2D eigenvalue weighted by Crippen LogP contribution is -2.49.